The molecule has 0 bridgehead atoms. The van der Waals surface area contributed by atoms with E-state index < -0.39 is 0 Å². The third kappa shape index (κ3) is 1.62. The van der Waals surface area contributed by atoms with E-state index in [-0.39, 0.29) is 0 Å². The zero-order valence-corrected chi connectivity index (χ0v) is 10.7. The number of fused-ring (bicyclic) bond motifs is 3. The Morgan fingerprint density at radius 2 is 1.84 bits per heavy atom. The summed E-state index contributed by atoms with van der Waals surface area (Å²) in [6, 6.07) is 12.5. The summed E-state index contributed by atoms with van der Waals surface area (Å²) in [5.74, 6) is 1.09. The fraction of sp³-hybridized carbons (Fsp3) is 0.188. The van der Waals surface area contributed by atoms with Gasteiger partial charge in [-0.3, -0.25) is 0 Å². The summed E-state index contributed by atoms with van der Waals surface area (Å²) in [5.41, 5.74) is 3.41. The van der Waals surface area contributed by atoms with Crippen molar-refractivity contribution in [3.63, 3.8) is 0 Å². The molecule has 0 radical (unpaired) electrons. The molecule has 1 aliphatic rings. The first-order valence-electron chi connectivity index (χ1n) is 6.69. The predicted molar refractivity (Wildman–Crippen MR) is 78.7 cm³/mol. The second-order valence-corrected chi connectivity index (χ2v) is 4.89. The molecule has 0 spiro atoms. The molecule has 19 heavy (non-hydrogen) atoms. The lowest BCUT2D eigenvalue weighted by Crippen LogP contribution is -2.28. The van der Waals surface area contributed by atoms with E-state index in [0.29, 0.717) is 0 Å². The van der Waals surface area contributed by atoms with Crippen LogP contribution in [0, 0.1) is 0 Å². The van der Waals surface area contributed by atoms with Crippen molar-refractivity contribution in [2.45, 2.75) is 6.42 Å². The monoisotopic (exact) mass is 249 g/mol. The van der Waals surface area contributed by atoms with Crippen LogP contribution >= 0.6 is 0 Å². The van der Waals surface area contributed by atoms with Crippen molar-refractivity contribution in [3.8, 4) is 0 Å². The Morgan fingerprint density at radius 1 is 0.947 bits per heavy atom. The van der Waals surface area contributed by atoms with Crippen LogP contribution in [0.5, 0.6) is 0 Å². The molecular formula is C16H15N3. The molecule has 0 saturated carbocycles. The van der Waals surface area contributed by atoms with Crippen molar-refractivity contribution in [1.82, 2.24) is 9.38 Å². The van der Waals surface area contributed by atoms with Crippen molar-refractivity contribution >= 4 is 22.4 Å². The van der Waals surface area contributed by atoms with Gasteiger partial charge in [-0.15, -0.1) is 0 Å². The predicted octanol–water partition coefficient (Wildman–Crippen LogP) is 3.25. The van der Waals surface area contributed by atoms with Gasteiger partial charge in [-0.2, -0.15) is 0 Å². The van der Waals surface area contributed by atoms with Gasteiger partial charge in [-0.05, 0) is 30.7 Å². The fourth-order valence-corrected chi connectivity index (χ4v) is 2.77. The number of para-hydroxylation sites is 2. The summed E-state index contributed by atoms with van der Waals surface area (Å²) in [5, 5.41) is 0. The van der Waals surface area contributed by atoms with Gasteiger partial charge in [-0.25, -0.2) is 4.98 Å². The van der Waals surface area contributed by atoms with Crippen molar-refractivity contribution in [1.29, 1.82) is 0 Å². The minimum atomic E-state index is 0.951. The summed E-state index contributed by atoms with van der Waals surface area (Å²) < 4.78 is 2.23. The summed E-state index contributed by atoms with van der Waals surface area (Å²) in [4.78, 5) is 7.22. The Hall–Kier alpha value is -2.29. The lowest BCUT2D eigenvalue weighted by atomic mass is 10.2. The highest BCUT2D eigenvalue weighted by Crippen LogP contribution is 2.26. The Bertz CT molecular complexity index is 770. The molecule has 0 amide bonds. The average molecular weight is 249 g/mol. The number of anilines is 1. The third-order valence-electron chi connectivity index (χ3n) is 3.70. The molecule has 0 fully saturated rings. The molecule has 3 heteroatoms. The molecule has 94 valence electrons. The van der Waals surface area contributed by atoms with Gasteiger partial charge in [-0.1, -0.05) is 24.3 Å². The van der Waals surface area contributed by atoms with Crippen molar-refractivity contribution in [2.75, 3.05) is 18.0 Å². The van der Waals surface area contributed by atoms with Crippen molar-refractivity contribution in [3.05, 3.63) is 54.7 Å². The first-order chi connectivity index (χ1) is 9.43. The van der Waals surface area contributed by atoms with Crippen LogP contribution in [-0.2, 0) is 0 Å². The number of nitrogens with zero attached hydrogens (tertiary/aromatic N) is 3. The van der Waals surface area contributed by atoms with E-state index in [1.807, 2.05) is 6.07 Å². The van der Waals surface area contributed by atoms with Gasteiger partial charge in [0.1, 0.15) is 0 Å². The van der Waals surface area contributed by atoms with E-state index in [0.717, 1.165) is 30.8 Å². The first-order valence-corrected chi connectivity index (χ1v) is 6.69. The number of benzene rings is 1. The standard InChI is InChI=1S/C16H15N3/c1-4-10-18(11-5-1)16-15-9-6-12-19(15)14-8-3-2-7-13(14)17-16/h1-4,6-9,12H,5,10-11H2. The highest BCUT2D eigenvalue weighted by molar-refractivity contribution is 5.85. The van der Waals surface area contributed by atoms with E-state index in [1.54, 1.807) is 0 Å². The van der Waals surface area contributed by atoms with Crippen LogP contribution in [-0.4, -0.2) is 22.5 Å². The minimum Gasteiger partial charge on any atom is -0.351 e. The lowest BCUT2D eigenvalue weighted by Gasteiger charge is -2.25. The third-order valence-corrected chi connectivity index (χ3v) is 3.70. The Labute approximate surface area is 111 Å². The lowest BCUT2D eigenvalue weighted by molar-refractivity contribution is 0.809. The molecule has 0 saturated heterocycles. The Balaban J connectivity index is 2.02. The van der Waals surface area contributed by atoms with E-state index >= 15 is 0 Å². The molecule has 0 atom stereocenters. The van der Waals surface area contributed by atoms with E-state index in [4.69, 9.17) is 4.98 Å². The molecule has 4 rings (SSSR count). The topological polar surface area (TPSA) is 20.5 Å². The second-order valence-electron chi connectivity index (χ2n) is 4.89. The summed E-state index contributed by atoms with van der Waals surface area (Å²) in [6.07, 6.45) is 7.68. The van der Waals surface area contributed by atoms with Gasteiger partial charge in [0.15, 0.2) is 5.82 Å². The van der Waals surface area contributed by atoms with Crippen LogP contribution in [0.4, 0.5) is 5.82 Å². The van der Waals surface area contributed by atoms with Gasteiger partial charge in [0.05, 0.1) is 16.6 Å². The SMILES string of the molecule is C1=CCN(c2nc3ccccc3n3cccc23)CC1. The largest absolute Gasteiger partial charge is 0.351 e. The van der Waals surface area contributed by atoms with Gasteiger partial charge < -0.3 is 9.30 Å². The van der Waals surface area contributed by atoms with Crippen LogP contribution in [0.15, 0.2) is 54.7 Å². The smallest absolute Gasteiger partial charge is 0.153 e. The number of hydrogen-bond donors (Lipinski definition) is 0. The quantitative estimate of drug-likeness (QED) is 0.617. The van der Waals surface area contributed by atoms with Gasteiger partial charge in [0.2, 0.25) is 0 Å². The Morgan fingerprint density at radius 3 is 2.74 bits per heavy atom. The number of aromatic nitrogens is 2. The van der Waals surface area contributed by atoms with E-state index in [2.05, 4.69) is 58.0 Å². The molecule has 3 nitrogen and oxygen atoms in total. The molecule has 0 aliphatic carbocycles. The fourth-order valence-electron chi connectivity index (χ4n) is 2.77. The van der Waals surface area contributed by atoms with Crippen molar-refractivity contribution in [2.24, 2.45) is 0 Å². The Kier molecular flexibility index (Phi) is 2.30. The highest BCUT2D eigenvalue weighted by atomic mass is 15.2. The highest BCUT2D eigenvalue weighted by Gasteiger charge is 2.14. The zero-order chi connectivity index (χ0) is 12.7. The first kappa shape index (κ1) is 10.6. The molecule has 3 heterocycles. The molecule has 3 aromatic rings. The average Bonchev–Trinajstić information content (AvgIpc) is 2.97. The van der Waals surface area contributed by atoms with Crippen molar-refractivity contribution < 1.29 is 0 Å². The van der Waals surface area contributed by atoms with E-state index in [1.165, 1.54) is 11.0 Å². The summed E-state index contributed by atoms with van der Waals surface area (Å²) >= 11 is 0. The van der Waals surface area contributed by atoms with Crippen LogP contribution < -0.4 is 4.90 Å². The van der Waals surface area contributed by atoms with Gasteiger partial charge >= 0.3 is 0 Å². The molecular weight excluding hydrogens is 234 g/mol. The van der Waals surface area contributed by atoms with E-state index in [9.17, 15) is 0 Å². The normalized spacial score (nSPS) is 15.5. The summed E-state index contributed by atoms with van der Waals surface area (Å²) in [7, 11) is 0. The van der Waals surface area contributed by atoms with Gasteiger partial charge in [0, 0.05) is 19.3 Å². The summed E-state index contributed by atoms with van der Waals surface area (Å²) in [6.45, 7) is 1.99. The molecule has 0 N–H and O–H groups in total. The minimum absolute atomic E-state index is 0.951. The second kappa shape index (κ2) is 4.12. The maximum Gasteiger partial charge on any atom is 0.153 e. The number of rotatable bonds is 1. The van der Waals surface area contributed by atoms with Gasteiger partial charge in [0.25, 0.3) is 0 Å². The van der Waals surface area contributed by atoms with Crippen LogP contribution in [0.2, 0.25) is 0 Å². The molecule has 2 aromatic heterocycles. The van der Waals surface area contributed by atoms with Crippen LogP contribution in [0.3, 0.4) is 0 Å². The zero-order valence-electron chi connectivity index (χ0n) is 10.7. The van der Waals surface area contributed by atoms with Crippen LogP contribution in [0.25, 0.3) is 16.6 Å². The molecule has 1 aromatic carbocycles. The maximum absolute atomic E-state index is 4.87. The maximum atomic E-state index is 4.87. The molecule has 1 aliphatic heterocycles. The van der Waals surface area contributed by atoms with Crippen LogP contribution in [0.1, 0.15) is 6.42 Å². The number of hydrogen-bond acceptors (Lipinski definition) is 2. The molecule has 0 unspecified atom stereocenters.